The normalized spacial score (nSPS) is 18.2. The number of hydrogen-bond donors (Lipinski definition) is 0. The molecule has 0 amide bonds. The van der Waals surface area contributed by atoms with Gasteiger partial charge in [0.2, 0.25) is 0 Å². The van der Waals surface area contributed by atoms with E-state index in [0.29, 0.717) is 25.4 Å². The third-order valence-electron chi connectivity index (χ3n) is 4.75. The molecule has 132 valence electrons. The van der Waals surface area contributed by atoms with Gasteiger partial charge in [0, 0.05) is 55.0 Å². The lowest BCUT2D eigenvalue weighted by molar-refractivity contribution is -0.140. The lowest BCUT2D eigenvalue weighted by atomic mass is 10.0. The molecule has 1 aromatic carbocycles. The standard InChI is InChI=1S/C18H17F4N3/c19-16-12(2-1-3-14(16)18(20,21)22)9-25-7-6-15-13(10-25)8-23-17(24-15)11-4-5-11/h1-3,8,11H,4-7,9-10H2. The second-order valence-electron chi connectivity index (χ2n) is 6.71. The molecular weight excluding hydrogens is 334 g/mol. The summed E-state index contributed by atoms with van der Waals surface area (Å²) in [7, 11) is 0. The maximum Gasteiger partial charge on any atom is 0.419 e. The van der Waals surface area contributed by atoms with E-state index in [4.69, 9.17) is 0 Å². The zero-order chi connectivity index (χ0) is 17.6. The first-order chi connectivity index (χ1) is 11.9. The fourth-order valence-corrected chi connectivity index (χ4v) is 3.22. The van der Waals surface area contributed by atoms with E-state index in [0.717, 1.165) is 36.0 Å². The van der Waals surface area contributed by atoms with Crippen molar-refractivity contribution in [2.75, 3.05) is 6.54 Å². The largest absolute Gasteiger partial charge is 0.419 e. The van der Waals surface area contributed by atoms with Crippen LogP contribution in [-0.4, -0.2) is 21.4 Å². The van der Waals surface area contributed by atoms with Crippen molar-refractivity contribution in [3.8, 4) is 0 Å². The zero-order valence-electron chi connectivity index (χ0n) is 13.5. The topological polar surface area (TPSA) is 29.0 Å². The molecule has 1 aromatic heterocycles. The second-order valence-corrected chi connectivity index (χ2v) is 6.71. The summed E-state index contributed by atoms with van der Waals surface area (Å²) in [4.78, 5) is 11.0. The van der Waals surface area contributed by atoms with Crippen LogP contribution in [0.15, 0.2) is 24.4 Å². The average molecular weight is 351 g/mol. The minimum atomic E-state index is -4.68. The number of nitrogens with zero attached hydrogens (tertiary/aromatic N) is 3. The number of fused-ring (bicyclic) bond motifs is 1. The van der Waals surface area contributed by atoms with Crippen molar-refractivity contribution in [3.63, 3.8) is 0 Å². The van der Waals surface area contributed by atoms with Crippen LogP contribution in [0.2, 0.25) is 0 Å². The molecule has 25 heavy (non-hydrogen) atoms. The average Bonchev–Trinajstić information content (AvgIpc) is 3.40. The number of aromatic nitrogens is 2. The van der Waals surface area contributed by atoms with Crippen LogP contribution in [0.5, 0.6) is 0 Å². The van der Waals surface area contributed by atoms with E-state index >= 15 is 0 Å². The van der Waals surface area contributed by atoms with Crippen molar-refractivity contribution in [3.05, 3.63) is 58.4 Å². The van der Waals surface area contributed by atoms with Crippen molar-refractivity contribution in [2.45, 2.75) is 44.4 Å². The molecule has 2 aliphatic rings. The van der Waals surface area contributed by atoms with Gasteiger partial charge in [-0.05, 0) is 18.9 Å². The molecule has 0 bridgehead atoms. The predicted molar refractivity (Wildman–Crippen MR) is 83.2 cm³/mol. The molecule has 0 atom stereocenters. The van der Waals surface area contributed by atoms with Gasteiger partial charge in [0.1, 0.15) is 11.6 Å². The molecule has 1 aliphatic carbocycles. The lowest BCUT2D eigenvalue weighted by Crippen LogP contribution is -2.31. The first-order valence-corrected chi connectivity index (χ1v) is 8.33. The van der Waals surface area contributed by atoms with Crippen LogP contribution in [0, 0.1) is 5.82 Å². The highest BCUT2D eigenvalue weighted by Gasteiger charge is 2.35. The highest BCUT2D eigenvalue weighted by molar-refractivity contribution is 5.29. The minimum Gasteiger partial charge on any atom is -0.294 e. The Labute approximate surface area is 142 Å². The molecule has 0 N–H and O–H groups in total. The highest BCUT2D eigenvalue weighted by atomic mass is 19.4. The molecule has 0 saturated heterocycles. The summed E-state index contributed by atoms with van der Waals surface area (Å²) in [6.07, 6.45) is 0.115. The van der Waals surface area contributed by atoms with E-state index in [1.165, 1.54) is 12.1 Å². The third kappa shape index (κ3) is 3.38. The summed E-state index contributed by atoms with van der Waals surface area (Å²) in [6.45, 7) is 1.30. The second kappa shape index (κ2) is 6.05. The lowest BCUT2D eigenvalue weighted by Gasteiger charge is -2.28. The predicted octanol–water partition coefficient (Wildman–Crippen LogP) is 4.07. The Bertz CT molecular complexity index is 799. The summed E-state index contributed by atoms with van der Waals surface area (Å²) < 4.78 is 52.7. The fraction of sp³-hybridized carbons (Fsp3) is 0.444. The molecule has 1 fully saturated rings. The van der Waals surface area contributed by atoms with Crippen LogP contribution >= 0.6 is 0 Å². The molecular formula is C18H17F4N3. The van der Waals surface area contributed by atoms with Gasteiger partial charge in [0.05, 0.1) is 5.56 Å². The smallest absolute Gasteiger partial charge is 0.294 e. The maximum atomic E-state index is 14.2. The molecule has 1 aliphatic heterocycles. The summed E-state index contributed by atoms with van der Waals surface area (Å²) in [6, 6.07) is 3.44. The summed E-state index contributed by atoms with van der Waals surface area (Å²) >= 11 is 0. The van der Waals surface area contributed by atoms with Gasteiger partial charge in [0.25, 0.3) is 0 Å². The van der Waals surface area contributed by atoms with Gasteiger partial charge < -0.3 is 0 Å². The SMILES string of the molecule is Fc1c(CN2CCc3nc(C4CC4)ncc3C2)cccc1C(F)(F)F. The Balaban J connectivity index is 1.51. The molecule has 0 radical (unpaired) electrons. The van der Waals surface area contributed by atoms with Crippen molar-refractivity contribution < 1.29 is 17.6 Å². The third-order valence-corrected chi connectivity index (χ3v) is 4.75. The van der Waals surface area contributed by atoms with Crippen molar-refractivity contribution in [1.82, 2.24) is 14.9 Å². The van der Waals surface area contributed by atoms with E-state index < -0.39 is 17.6 Å². The first-order valence-electron chi connectivity index (χ1n) is 8.33. The van der Waals surface area contributed by atoms with E-state index in [1.54, 1.807) is 0 Å². The Hall–Kier alpha value is -2.02. The van der Waals surface area contributed by atoms with E-state index in [1.807, 2.05) is 11.1 Å². The monoisotopic (exact) mass is 351 g/mol. The Morgan fingerprint density at radius 3 is 2.72 bits per heavy atom. The van der Waals surface area contributed by atoms with Gasteiger partial charge >= 0.3 is 6.18 Å². The van der Waals surface area contributed by atoms with E-state index in [2.05, 4.69) is 9.97 Å². The fourth-order valence-electron chi connectivity index (χ4n) is 3.22. The van der Waals surface area contributed by atoms with Crippen molar-refractivity contribution in [2.24, 2.45) is 0 Å². The number of hydrogen-bond acceptors (Lipinski definition) is 3. The van der Waals surface area contributed by atoms with Crippen LogP contribution in [0.3, 0.4) is 0 Å². The van der Waals surface area contributed by atoms with Crippen molar-refractivity contribution >= 4 is 0 Å². The van der Waals surface area contributed by atoms with Crippen LogP contribution < -0.4 is 0 Å². The Kier molecular flexibility index (Phi) is 3.98. The van der Waals surface area contributed by atoms with Crippen LogP contribution in [0.1, 0.15) is 47.0 Å². The van der Waals surface area contributed by atoms with Gasteiger partial charge in [-0.25, -0.2) is 14.4 Å². The van der Waals surface area contributed by atoms with Gasteiger partial charge in [-0.1, -0.05) is 12.1 Å². The molecule has 0 spiro atoms. The first kappa shape index (κ1) is 16.4. The molecule has 2 heterocycles. The molecule has 4 rings (SSSR count). The van der Waals surface area contributed by atoms with Gasteiger partial charge in [0.15, 0.2) is 0 Å². The Morgan fingerprint density at radius 1 is 1.20 bits per heavy atom. The summed E-state index contributed by atoms with van der Waals surface area (Å²) in [5, 5.41) is 0. The number of halogens is 4. The van der Waals surface area contributed by atoms with E-state index in [9.17, 15) is 17.6 Å². The van der Waals surface area contributed by atoms with Gasteiger partial charge in [-0.2, -0.15) is 13.2 Å². The molecule has 0 unspecified atom stereocenters. The van der Waals surface area contributed by atoms with Gasteiger partial charge in [-0.3, -0.25) is 4.90 Å². The summed E-state index contributed by atoms with van der Waals surface area (Å²) in [5.74, 6) is 0.208. The Morgan fingerprint density at radius 2 is 2.00 bits per heavy atom. The number of alkyl halides is 3. The minimum absolute atomic E-state index is 0.0637. The molecule has 3 nitrogen and oxygen atoms in total. The number of benzene rings is 1. The van der Waals surface area contributed by atoms with E-state index in [-0.39, 0.29) is 12.1 Å². The van der Waals surface area contributed by atoms with Crippen LogP contribution in [0.4, 0.5) is 17.6 Å². The zero-order valence-corrected chi connectivity index (χ0v) is 13.5. The molecule has 7 heteroatoms. The van der Waals surface area contributed by atoms with Crippen molar-refractivity contribution in [1.29, 1.82) is 0 Å². The van der Waals surface area contributed by atoms with Gasteiger partial charge in [-0.15, -0.1) is 0 Å². The maximum absolute atomic E-state index is 14.2. The van der Waals surface area contributed by atoms with Crippen LogP contribution in [0.25, 0.3) is 0 Å². The molecule has 2 aromatic rings. The number of rotatable bonds is 3. The molecule has 1 saturated carbocycles. The van der Waals surface area contributed by atoms with Crippen LogP contribution in [-0.2, 0) is 25.7 Å². The quantitative estimate of drug-likeness (QED) is 0.781. The summed E-state index contributed by atoms with van der Waals surface area (Å²) in [5.41, 5.74) is 0.842. The highest BCUT2D eigenvalue weighted by Crippen LogP contribution is 2.38.